The van der Waals surface area contributed by atoms with Crippen molar-refractivity contribution < 1.29 is 9.32 Å². The van der Waals surface area contributed by atoms with Gasteiger partial charge in [0.25, 0.3) is 0 Å². The molecule has 2 aromatic heterocycles. The predicted molar refractivity (Wildman–Crippen MR) is 68.9 cm³/mol. The Morgan fingerprint density at radius 2 is 2.28 bits per heavy atom. The van der Waals surface area contributed by atoms with Crippen molar-refractivity contribution in [3.8, 4) is 11.5 Å². The van der Waals surface area contributed by atoms with Crippen LogP contribution in [0.1, 0.15) is 32.1 Å². The normalized spacial score (nSPS) is 12.4. The number of ketones is 1. The van der Waals surface area contributed by atoms with Gasteiger partial charge in [-0.3, -0.25) is 9.78 Å². The molecule has 1 atom stereocenters. The summed E-state index contributed by atoms with van der Waals surface area (Å²) in [6, 6.07) is 3.63. The van der Waals surface area contributed by atoms with Crippen LogP contribution in [0.3, 0.4) is 0 Å². The zero-order valence-corrected chi connectivity index (χ0v) is 11.6. The Kier molecular flexibility index (Phi) is 3.86. The van der Waals surface area contributed by atoms with Gasteiger partial charge in [-0.25, -0.2) is 0 Å². The van der Waals surface area contributed by atoms with E-state index in [0.29, 0.717) is 23.8 Å². The molecule has 0 aliphatic rings. The fourth-order valence-corrected chi connectivity index (χ4v) is 1.70. The van der Waals surface area contributed by atoms with E-state index in [4.69, 9.17) is 4.52 Å². The van der Waals surface area contributed by atoms with E-state index in [0.717, 1.165) is 4.47 Å². The molecule has 5 nitrogen and oxygen atoms in total. The van der Waals surface area contributed by atoms with Crippen LogP contribution in [0.5, 0.6) is 0 Å². The number of pyridine rings is 1. The molecule has 0 saturated carbocycles. The van der Waals surface area contributed by atoms with Gasteiger partial charge in [-0.2, -0.15) is 4.98 Å². The zero-order chi connectivity index (χ0) is 13.1. The molecule has 0 fully saturated rings. The summed E-state index contributed by atoms with van der Waals surface area (Å²) in [5, 5.41) is 3.84. The molecule has 0 saturated heterocycles. The molecule has 0 amide bonds. The number of hydrogen-bond donors (Lipinski definition) is 0. The van der Waals surface area contributed by atoms with Gasteiger partial charge in [0.1, 0.15) is 11.5 Å². The van der Waals surface area contributed by atoms with Gasteiger partial charge in [-0.1, -0.05) is 12.1 Å². The van der Waals surface area contributed by atoms with Gasteiger partial charge in [0.2, 0.25) is 11.7 Å². The Morgan fingerprint density at radius 3 is 2.89 bits per heavy atom. The molecule has 94 valence electrons. The summed E-state index contributed by atoms with van der Waals surface area (Å²) in [6.45, 7) is 3.57. The molecule has 0 aromatic carbocycles. The Bertz CT molecular complexity index is 551. The second-order valence-corrected chi connectivity index (χ2v) is 4.78. The van der Waals surface area contributed by atoms with Gasteiger partial charge in [0, 0.05) is 17.1 Å². The van der Waals surface area contributed by atoms with Gasteiger partial charge in [-0.15, -0.1) is 0 Å². The highest BCUT2D eigenvalue weighted by Crippen LogP contribution is 2.20. The minimum absolute atomic E-state index is 0.0777. The van der Waals surface area contributed by atoms with E-state index in [1.54, 1.807) is 19.2 Å². The highest BCUT2D eigenvalue weighted by molar-refractivity contribution is 9.10. The van der Waals surface area contributed by atoms with Crippen LogP contribution >= 0.6 is 15.9 Å². The lowest BCUT2D eigenvalue weighted by atomic mass is 10.1. The molecule has 0 aliphatic carbocycles. The van der Waals surface area contributed by atoms with Gasteiger partial charge in [0.05, 0.1) is 5.92 Å². The van der Waals surface area contributed by atoms with Crippen molar-refractivity contribution in [2.75, 3.05) is 0 Å². The minimum Gasteiger partial charge on any atom is -0.338 e. The number of halogens is 1. The molecule has 0 radical (unpaired) electrons. The molecular weight excluding hydrogens is 298 g/mol. The summed E-state index contributed by atoms with van der Waals surface area (Å²) < 4.78 is 5.98. The van der Waals surface area contributed by atoms with Crippen molar-refractivity contribution >= 4 is 21.7 Å². The summed E-state index contributed by atoms with van der Waals surface area (Å²) in [7, 11) is 0. The second kappa shape index (κ2) is 5.39. The number of Topliss-reactive ketones (excluding diaryl/α,β-unsaturated/α-hetero) is 1. The van der Waals surface area contributed by atoms with Crippen molar-refractivity contribution in [2.24, 2.45) is 0 Å². The molecule has 1 unspecified atom stereocenters. The molecule has 18 heavy (non-hydrogen) atoms. The van der Waals surface area contributed by atoms with Crippen molar-refractivity contribution in [1.29, 1.82) is 0 Å². The van der Waals surface area contributed by atoms with Crippen LogP contribution in [-0.4, -0.2) is 20.9 Å². The molecule has 6 heteroatoms. The van der Waals surface area contributed by atoms with E-state index in [1.165, 1.54) is 0 Å². The van der Waals surface area contributed by atoms with Crippen LogP contribution in [-0.2, 0) is 4.79 Å². The maximum atomic E-state index is 11.6. The van der Waals surface area contributed by atoms with Gasteiger partial charge in [-0.05, 0) is 35.0 Å². The Balaban J connectivity index is 2.25. The average molecular weight is 310 g/mol. The lowest BCUT2D eigenvalue weighted by molar-refractivity contribution is -0.120. The third-order valence-electron chi connectivity index (χ3n) is 2.60. The van der Waals surface area contributed by atoms with Crippen molar-refractivity contribution in [2.45, 2.75) is 26.2 Å². The van der Waals surface area contributed by atoms with E-state index in [9.17, 15) is 4.79 Å². The maximum absolute atomic E-state index is 11.6. The highest BCUT2D eigenvalue weighted by atomic mass is 79.9. The lowest BCUT2D eigenvalue weighted by Gasteiger charge is -2.01. The van der Waals surface area contributed by atoms with E-state index >= 15 is 0 Å². The summed E-state index contributed by atoms with van der Waals surface area (Å²) in [5.74, 6) is 0.440. The summed E-state index contributed by atoms with van der Waals surface area (Å²) in [5.41, 5.74) is 0.615. The first-order valence-electron chi connectivity index (χ1n) is 5.60. The lowest BCUT2D eigenvalue weighted by Crippen LogP contribution is -2.07. The minimum atomic E-state index is -0.369. The Hall–Kier alpha value is -1.56. The Labute approximate surface area is 113 Å². The molecule has 0 spiro atoms. The van der Waals surface area contributed by atoms with E-state index in [1.807, 2.05) is 13.0 Å². The number of nitrogens with zero attached hydrogens (tertiary/aromatic N) is 3. The largest absolute Gasteiger partial charge is 0.338 e. The van der Waals surface area contributed by atoms with Crippen molar-refractivity contribution in [1.82, 2.24) is 15.1 Å². The average Bonchev–Trinajstić information content (AvgIpc) is 2.87. The summed E-state index contributed by atoms with van der Waals surface area (Å²) >= 11 is 3.30. The number of carbonyl (C=O) groups is 1. The quantitative estimate of drug-likeness (QED) is 0.868. The van der Waals surface area contributed by atoms with Crippen molar-refractivity contribution in [3.63, 3.8) is 0 Å². The van der Waals surface area contributed by atoms with Gasteiger partial charge >= 0.3 is 0 Å². The number of rotatable bonds is 4. The summed E-state index contributed by atoms with van der Waals surface area (Å²) in [6.07, 6.45) is 2.11. The highest BCUT2D eigenvalue weighted by Gasteiger charge is 2.20. The first kappa shape index (κ1) is 12.9. The van der Waals surface area contributed by atoms with E-state index < -0.39 is 0 Å². The van der Waals surface area contributed by atoms with Crippen LogP contribution in [0.2, 0.25) is 0 Å². The molecule has 2 heterocycles. The van der Waals surface area contributed by atoms with Gasteiger partial charge < -0.3 is 4.52 Å². The fourth-order valence-electron chi connectivity index (χ4n) is 1.47. The third kappa shape index (κ3) is 2.64. The van der Waals surface area contributed by atoms with E-state index in [2.05, 4.69) is 31.1 Å². The molecule has 2 rings (SSSR count). The molecule has 0 N–H and O–H groups in total. The predicted octanol–water partition coefficient (Wildman–Crippen LogP) is 2.98. The first-order chi connectivity index (χ1) is 8.61. The molecule has 0 aliphatic heterocycles. The smallest absolute Gasteiger partial charge is 0.237 e. The molecule has 0 bridgehead atoms. The van der Waals surface area contributed by atoms with Crippen LogP contribution in [0, 0.1) is 0 Å². The maximum Gasteiger partial charge on any atom is 0.237 e. The van der Waals surface area contributed by atoms with Gasteiger partial charge in [0.15, 0.2) is 0 Å². The SMILES string of the molecule is CCC(=O)C(C)c1nc(-c2ccc(Br)cn2)no1. The topological polar surface area (TPSA) is 68.9 Å². The standard InChI is InChI=1S/C12H12BrN3O2/c1-3-10(17)7(2)12-15-11(16-18-12)9-5-4-8(13)6-14-9/h4-7H,3H2,1-2H3. The third-order valence-corrected chi connectivity index (χ3v) is 3.07. The monoisotopic (exact) mass is 309 g/mol. The zero-order valence-electron chi connectivity index (χ0n) is 10.1. The first-order valence-corrected chi connectivity index (χ1v) is 6.39. The van der Waals surface area contributed by atoms with Crippen LogP contribution in [0.4, 0.5) is 0 Å². The number of carbonyl (C=O) groups excluding carboxylic acids is 1. The Morgan fingerprint density at radius 1 is 1.50 bits per heavy atom. The fraction of sp³-hybridized carbons (Fsp3) is 0.333. The number of aromatic nitrogens is 3. The van der Waals surface area contributed by atoms with Crippen molar-refractivity contribution in [3.05, 3.63) is 28.7 Å². The van der Waals surface area contributed by atoms with E-state index in [-0.39, 0.29) is 11.7 Å². The number of hydrogen-bond acceptors (Lipinski definition) is 5. The van der Waals surface area contributed by atoms with Crippen LogP contribution in [0.25, 0.3) is 11.5 Å². The molecular formula is C12H12BrN3O2. The second-order valence-electron chi connectivity index (χ2n) is 3.86. The van der Waals surface area contributed by atoms with Crippen LogP contribution in [0.15, 0.2) is 27.3 Å². The summed E-state index contributed by atoms with van der Waals surface area (Å²) in [4.78, 5) is 19.9. The van der Waals surface area contributed by atoms with Crippen LogP contribution < -0.4 is 0 Å². The molecule has 2 aromatic rings.